The van der Waals surface area contributed by atoms with Crippen molar-refractivity contribution in [3.8, 4) is 11.5 Å². The second-order valence-corrected chi connectivity index (χ2v) is 15.4. The third kappa shape index (κ3) is 10.8. The number of anilines is 1. The van der Waals surface area contributed by atoms with Crippen molar-refractivity contribution in [2.75, 3.05) is 26.1 Å². The summed E-state index contributed by atoms with van der Waals surface area (Å²) in [6.07, 6.45) is -5.90. The van der Waals surface area contributed by atoms with Crippen LogP contribution in [0.4, 0.5) is 10.6 Å². The van der Waals surface area contributed by atoms with Crippen LogP contribution in [0, 0.1) is 0 Å². The Labute approximate surface area is 358 Å². The quantitative estimate of drug-likeness (QED) is 0.0775. The smallest absolute Gasteiger partial charge is 0.408 e. The summed E-state index contributed by atoms with van der Waals surface area (Å²) in [5.74, 6) is -0.600. The van der Waals surface area contributed by atoms with E-state index in [1.807, 2.05) is 78.9 Å². The van der Waals surface area contributed by atoms with Crippen LogP contribution in [0.3, 0.4) is 0 Å². The molecule has 2 amide bonds. The Bertz CT molecular complexity index is 2290. The van der Waals surface area contributed by atoms with E-state index in [-0.39, 0.29) is 19.0 Å². The number of methoxy groups -OCH3 is 2. The summed E-state index contributed by atoms with van der Waals surface area (Å²) in [5, 5.41) is 27.4. The lowest BCUT2D eigenvalue weighted by atomic mass is 9.80. The molecule has 0 bridgehead atoms. The van der Waals surface area contributed by atoms with Crippen LogP contribution in [0.1, 0.15) is 55.7 Å². The van der Waals surface area contributed by atoms with Gasteiger partial charge >= 0.3 is 17.8 Å². The van der Waals surface area contributed by atoms with Crippen molar-refractivity contribution in [3.63, 3.8) is 0 Å². The number of rotatable bonds is 16. The van der Waals surface area contributed by atoms with Gasteiger partial charge in [-0.25, -0.2) is 14.4 Å². The number of amides is 2. The Balaban J connectivity index is 1.18. The summed E-state index contributed by atoms with van der Waals surface area (Å²) in [5.41, 5.74) is -0.169. The molecular formula is C46H50N4O12. The van der Waals surface area contributed by atoms with Crippen LogP contribution in [0.15, 0.2) is 126 Å². The van der Waals surface area contributed by atoms with Crippen molar-refractivity contribution < 1.29 is 53.0 Å². The Morgan fingerprint density at radius 3 is 1.90 bits per heavy atom. The van der Waals surface area contributed by atoms with Crippen molar-refractivity contribution in [2.45, 2.75) is 75.6 Å². The van der Waals surface area contributed by atoms with E-state index in [1.165, 1.54) is 12.3 Å². The van der Waals surface area contributed by atoms with Crippen LogP contribution >= 0.6 is 0 Å². The van der Waals surface area contributed by atoms with Gasteiger partial charge in [0.2, 0.25) is 5.91 Å². The fraction of sp³-hybridized carbons (Fsp3) is 0.326. The maximum Gasteiger partial charge on any atom is 0.408 e. The van der Waals surface area contributed by atoms with E-state index in [0.717, 1.165) is 21.3 Å². The first kappa shape index (κ1) is 44.9. The molecule has 5 aromatic rings. The lowest BCUT2D eigenvalue weighted by Gasteiger charge is -2.37. The molecule has 326 valence electrons. The standard InChI is InChI=1S/C46H50N4O12/c1-45(2,3)62-44(56)47-35(42(54)59-27-29-12-8-6-9-13-29)26-38(51)48-37-24-25-50(43(55)49-37)41-40(53)39(52)36(61-41)28-60-46(30-14-10-7-11-15-30,31-16-20-33(57-4)21-17-31)32-18-22-34(58-5)23-19-32/h6-25,35-36,39-41,52-53H,26-28H2,1-5H3,(H,47,56)(H,48,49,51,55)/t35-,36-,39-,40+,41-/m1/s1. The lowest BCUT2D eigenvalue weighted by Crippen LogP contribution is -2.46. The highest BCUT2D eigenvalue weighted by molar-refractivity contribution is 5.94. The monoisotopic (exact) mass is 850 g/mol. The molecule has 0 radical (unpaired) electrons. The molecule has 1 aromatic heterocycles. The third-order valence-corrected chi connectivity index (χ3v) is 9.94. The fourth-order valence-electron chi connectivity index (χ4n) is 6.91. The van der Waals surface area contributed by atoms with E-state index in [2.05, 4.69) is 15.6 Å². The van der Waals surface area contributed by atoms with Crippen LogP contribution in [0.5, 0.6) is 11.5 Å². The molecule has 6 rings (SSSR count). The summed E-state index contributed by atoms with van der Waals surface area (Å²) >= 11 is 0. The molecule has 0 aliphatic carbocycles. The number of carbonyl (C=O) groups is 3. The average molecular weight is 851 g/mol. The second kappa shape index (κ2) is 19.9. The first-order valence-electron chi connectivity index (χ1n) is 19.8. The number of aliphatic hydroxyl groups excluding tert-OH is 2. The van der Waals surface area contributed by atoms with Crippen LogP contribution < -0.4 is 25.8 Å². The van der Waals surface area contributed by atoms with E-state index < -0.39 is 71.9 Å². The topological polar surface area (TPSA) is 206 Å². The second-order valence-electron chi connectivity index (χ2n) is 15.4. The number of nitrogens with zero attached hydrogens (tertiary/aromatic N) is 2. The van der Waals surface area contributed by atoms with Gasteiger partial charge in [-0.05, 0) is 73.4 Å². The Morgan fingerprint density at radius 2 is 1.35 bits per heavy atom. The molecule has 1 fully saturated rings. The molecule has 62 heavy (non-hydrogen) atoms. The molecule has 5 atom stereocenters. The van der Waals surface area contributed by atoms with E-state index >= 15 is 0 Å². The first-order valence-corrected chi connectivity index (χ1v) is 19.8. The van der Waals surface area contributed by atoms with Crippen molar-refractivity contribution in [1.29, 1.82) is 0 Å². The molecule has 1 saturated heterocycles. The van der Waals surface area contributed by atoms with Gasteiger partial charge in [-0.1, -0.05) is 84.9 Å². The molecule has 16 heteroatoms. The van der Waals surface area contributed by atoms with Gasteiger partial charge in [0.05, 0.1) is 27.2 Å². The molecule has 16 nitrogen and oxygen atoms in total. The number of hydrogen-bond acceptors (Lipinski definition) is 13. The van der Waals surface area contributed by atoms with Gasteiger partial charge in [0.15, 0.2) is 6.23 Å². The lowest BCUT2D eigenvalue weighted by molar-refractivity contribution is -0.148. The highest BCUT2D eigenvalue weighted by Crippen LogP contribution is 2.43. The number of aromatic nitrogens is 2. The number of nitrogens with one attached hydrogen (secondary N) is 2. The maximum absolute atomic E-state index is 13.4. The van der Waals surface area contributed by atoms with Crippen LogP contribution in [-0.4, -0.2) is 88.5 Å². The highest BCUT2D eigenvalue weighted by Gasteiger charge is 2.47. The average Bonchev–Trinajstić information content (AvgIpc) is 3.54. The van der Waals surface area contributed by atoms with E-state index in [1.54, 1.807) is 65.3 Å². The predicted octanol–water partition coefficient (Wildman–Crippen LogP) is 4.85. The number of ether oxygens (including phenoxy) is 6. The summed E-state index contributed by atoms with van der Waals surface area (Å²) in [6, 6.07) is 32.9. The molecule has 4 N–H and O–H groups in total. The van der Waals surface area contributed by atoms with Gasteiger partial charge in [0.1, 0.15) is 59.5 Å². The largest absolute Gasteiger partial charge is 0.497 e. The molecule has 4 aromatic carbocycles. The minimum Gasteiger partial charge on any atom is -0.497 e. The summed E-state index contributed by atoms with van der Waals surface area (Å²) < 4.78 is 35.5. The zero-order valence-electron chi connectivity index (χ0n) is 34.9. The van der Waals surface area contributed by atoms with Crippen molar-refractivity contribution >= 4 is 23.8 Å². The zero-order chi connectivity index (χ0) is 44.4. The minimum absolute atomic E-state index is 0.108. The van der Waals surface area contributed by atoms with Crippen molar-refractivity contribution in [2.24, 2.45) is 0 Å². The Hall–Kier alpha value is -6.59. The summed E-state index contributed by atoms with van der Waals surface area (Å²) in [4.78, 5) is 56.2. The maximum atomic E-state index is 13.4. The third-order valence-electron chi connectivity index (χ3n) is 9.94. The van der Waals surface area contributed by atoms with Crippen molar-refractivity contribution in [1.82, 2.24) is 14.9 Å². The molecule has 0 saturated carbocycles. The van der Waals surface area contributed by atoms with Gasteiger partial charge in [-0.15, -0.1) is 0 Å². The summed E-state index contributed by atoms with van der Waals surface area (Å²) in [7, 11) is 3.14. The number of hydrogen-bond donors (Lipinski definition) is 4. The molecule has 0 spiro atoms. The Morgan fingerprint density at radius 1 is 0.790 bits per heavy atom. The number of esters is 1. The molecule has 1 aliphatic rings. The van der Waals surface area contributed by atoms with Crippen LogP contribution in [0.25, 0.3) is 0 Å². The van der Waals surface area contributed by atoms with E-state index in [0.29, 0.717) is 17.1 Å². The summed E-state index contributed by atoms with van der Waals surface area (Å²) in [6.45, 7) is 4.58. The van der Waals surface area contributed by atoms with Gasteiger partial charge in [0, 0.05) is 6.20 Å². The van der Waals surface area contributed by atoms with Crippen LogP contribution in [0.2, 0.25) is 0 Å². The van der Waals surface area contributed by atoms with Crippen molar-refractivity contribution in [3.05, 3.63) is 154 Å². The van der Waals surface area contributed by atoms with Gasteiger partial charge in [0.25, 0.3) is 0 Å². The van der Waals surface area contributed by atoms with Gasteiger partial charge < -0.3 is 49.3 Å². The normalized spacial score (nSPS) is 18.0. The number of aliphatic hydroxyl groups is 2. The SMILES string of the molecule is COc1ccc(C(OC[C@H]2O[C@@H](n3ccc(NC(=O)C[C@@H](NC(=O)OC(C)(C)C)C(=O)OCc4ccccc4)nc3=O)[C@@H](O)[C@@H]2O)(c2ccccc2)c2ccc(OC)cc2)cc1. The molecule has 2 heterocycles. The number of carbonyl (C=O) groups excluding carboxylic acids is 3. The highest BCUT2D eigenvalue weighted by atomic mass is 16.6. The van der Waals surface area contributed by atoms with Crippen LogP contribution in [-0.2, 0) is 40.7 Å². The minimum atomic E-state index is -1.58. The van der Waals surface area contributed by atoms with E-state index in [4.69, 9.17) is 28.4 Å². The molecule has 0 unspecified atom stereocenters. The Kier molecular flexibility index (Phi) is 14.4. The number of benzene rings is 4. The van der Waals surface area contributed by atoms with E-state index in [9.17, 15) is 29.4 Å². The first-order chi connectivity index (χ1) is 29.7. The fourth-order valence-corrected chi connectivity index (χ4v) is 6.91. The number of alkyl carbamates (subject to hydrolysis) is 1. The predicted molar refractivity (Wildman–Crippen MR) is 225 cm³/mol. The van der Waals surface area contributed by atoms with Gasteiger partial charge in [-0.2, -0.15) is 4.98 Å². The molecular weight excluding hydrogens is 801 g/mol. The van der Waals surface area contributed by atoms with Gasteiger partial charge in [-0.3, -0.25) is 9.36 Å². The molecule has 1 aliphatic heterocycles. The zero-order valence-corrected chi connectivity index (χ0v) is 34.9.